The molecule has 0 aliphatic carbocycles. The van der Waals surface area contributed by atoms with Gasteiger partial charge >= 0.3 is 0 Å². The molecule has 1 atom stereocenters. The van der Waals surface area contributed by atoms with Gasteiger partial charge in [-0.1, -0.05) is 12.1 Å². The van der Waals surface area contributed by atoms with Crippen LogP contribution in [-0.4, -0.2) is 50.9 Å². The zero-order chi connectivity index (χ0) is 12.8. The number of nitrogens with zero attached hydrogens (tertiary/aromatic N) is 1. The van der Waals surface area contributed by atoms with Gasteiger partial charge in [0.15, 0.2) is 0 Å². The summed E-state index contributed by atoms with van der Waals surface area (Å²) in [6.07, 6.45) is 0.987. The van der Waals surface area contributed by atoms with Gasteiger partial charge in [-0.25, -0.2) is 0 Å². The van der Waals surface area contributed by atoms with Gasteiger partial charge in [-0.05, 0) is 24.1 Å². The van der Waals surface area contributed by atoms with Crippen LogP contribution in [0.15, 0.2) is 24.3 Å². The zero-order valence-electron chi connectivity index (χ0n) is 11.0. The quantitative estimate of drug-likeness (QED) is 0.843. The van der Waals surface area contributed by atoms with E-state index in [2.05, 4.69) is 17.0 Å². The highest BCUT2D eigenvalue weighted by Crippen LogP contribution is 2.15. The Bertz CT molecular complexity index is 347. The first-order valence-corrected chi connectivity index (χ1v) is 6.48. The van der Waals surface area contributed by atoms with E-state index in [-0.39, 0.29) is 0 Å². The summed E-state index contributed by atoms with van der Waals surface area (Å²) in [6, 6.07) is 8.64. The molecule has 100 valence electrons. The molecule has 0 bridgehead atoms. The van der Waals surface area contributed by atoms with E-state index < -0.39 is 0 Å². The molecule has 0 spiro atoms. The molecule has 2 rings (SSSR count). The molecule has 0 saturated carbocycles. The van der Waals surface area contributed by atoms with Gasteiger partial charge in [0.2, 0.25) is 0 Å². The summed E-state index contributed by atoms with van der Waals surface area (Å²) in [6.45, 7) is 4.29. The van der Waals surface area contributed by atoms with E-state index in [4.69, 9.17) is 15.2 Å². The predicted molar refractivity (Wildman–Crippen MR) is 71.9 cm³/mol. The fourth-order valence-corrected chi connectivity index (χ4v) is 2.34. The standard InChI is InChI=1S/C14H22N2O2/c1-17-14-4-2-12(3-5-14)10-13(11-15)16-6-8-18-9-7-16/h2-5,13H,6-11,15H2,1H3. The summed E-state index contributed by atoms with van der Waals surface area (Å²) >= 11 is 0. The molecule has 1 aliphatic rings. The maximum Gasteiger partial charge on any atom is 0.118 e. The number of morpholine rings is 1. The van der Waals surface area contributed by atoms with E-state index in [0.29, 0.717) is 12.6 Å². The monoisotopic (exact) mass is 250 g/mol. The average Bonchev–Trinajstić information content (AvgIpc) is 2.46. The number of hydrogen-bond acceptors (Lipinski definition) is 4. The van der Waals surface area contributed by atoms with Crippen molar-refractivity contribution in [3.05, 3.63) is 29.8 Å². The van der Waals surface area contributed by atoms with Gasteiger partial charge in [-0.2, -0.15) is 0 Å². The molecule has 1 unspecified atom stereocenters. The van der Waals surface area contributed by atoms with Crippen LogP contribution in [0.4, 0.5) is 0 Å². The van der Waals surface area contributed by atoms with Crippen molar-refractivity contribution in [2.45, 2.75) is 12.5 Å². The summed E-state index contributed by atoms with van der Waals surface area (Å²) < 4.78 is 10.5. The molecular weight excluding hydrogens is 228 g/mol. The third-order valence-electron chi connectivity index (χ3n) is 3.46. The van der Waals surface area contributed by atoms with E-state index >= 15 is 0 Å². The van der Waals surface area contributed by atoms with Crippen LogP contribution in [0.2, 0.25) is 0 Å². The van der Waals surface area contributed by atoms with Crippen LogP contribution in [0.25, 0.3) is 0 Å². The van der Waals surface area contributed by atoms with Crippen molar-refractivity contribution in [2.24, 2.45) is 5.73 Å². The minimum absolute atomic E-state index is 0.405. The first kappa shape index (κ1) is 13.3. The molecule has 18 heavy (non-hydrogen) atoms. The minimum Gasteiger partial charge on any atom is -0.497 e. The van der Waals surface area contributed by atoms with Crippen molar-refractivity contribution in [1.82, 2.24) is 4.90 Å². The summed E-state index contributed by atoms with van der Waals surface area (Å²) in [5.41, 5.74) is 7.20. The van der Waals surface area contributed by atoms with Gasteiger partial charge in [0.1, 0.15) is 5.75 Å². The Kier molecular flexibility index (Phi) is 4.99. The molecule has 1 aromatic carbocycles. The lowest BCUT2D eigenvalue weighted by atomic mass is 10.0. The number of benzene rings is 1. The SMILES string of the molecule is COc1ccc(CC(CN)N2CCOCC2)cc1. The van der Waals surface area contributed by atoms with Crippen molar-refractivity contribution in [2.75, 3.05) is 40.0 Å². The molecular formula is C14H22N2O2. The summed E-state index contributed by atoms with van der Waals surface area (Å²) in [7, 11) is 1.69. The molecule has 0 aromatic heterocycles. The van der Waals surface area contributed by atoms with Crippen molar-refractivity contribution in [1.29, 1.82) is 0 Å². The topological polar surface area (TPSA) is 47.7 Å². The second kappa shape index (κ2) is 6.73. The highest BCUT2D eigenvalue weighted by molar-refractivity contribution is 5.27. The average molecular weight is 250 g/mol. The lowest BCUT2D eigenvalue weighted by Crippen LogP contribution is -2.47. The Hall–Kier alpha value is -1.10. The second-order valence-corrected chi connectivity index (χ2v) is 4.59. The number of rotatable bonds is 5. The Morgan fingerprint density at radius 3 is 2.50 bits per heavy atom. The highest BCUT2D eigenvalue weighted by atomic mass is 16.5. The third-order valence-corrected chi connectivity index (χ3v) is 3.46. The van der Waals surface area contributed by atoms with E-state index in [1.165, 1.54) is 5.56 Å². The van der Waals surface area contributed by atoms with E-state index in [1.807, 2.05) is 12.1 Å². The Labute approximate surface area is 109 Å². The van der Waals surface area contributed by atoms with E-state index in [9.17, 15) is 0 Å². The van der Waals surface area contributed by atoms with Gasteiger partial charge in [-0.3, -0.25) is 4.90 Å². The Morgan fingerprint density at radius 1 is 1.28 bits per heavy atom. The summed E-state index contributed by atoms with van der Waals surface area (Å²) in [5.74, 6) is 0.898. The maximum absolute atomic E-state index is 5.90. The fourth-order valence-electron chi connectivity index (χ4n) is 2.34. The summed E-state index contributed by atoms with van der Waals surface area (Å²) in [5, 5.41) is 0. The van der Waals surface area contributed by atoms with E-state index in [0.717, 1.165) is 38.5 Å². The van der Waals surface area contributed by atoms with Crippen molar-refractivity contribution < 1.29 is 9.47 Å². The van der Waals surface area contributed by atoms with Crippen molar-refractivity contribution >= 4 is 0 Å². The molecule has 4 heteroatoms. The van der Waals surface area contributed by atoms with Crippen molar-refractivity contribution in [3.8, 4) is 5.75 Å². The number of hydrogen-bond donors (Lipinski definition) is 1. The van der Waals surface area contributed by atoms with E-state index in [1.54, 1.807) is 7.11 Å². The van der Waals surface area contributed by atoms with Gasteiger partial charge in [0.25, 0.3) is 0 Å². The normalized spacial score (nSPS) is 18.6. The van der Waals surface area contributed by atoms with Crippen LogP contribution in [-0.2, 0) is 11.2 Å². The lowest BCUT2D eigenvalue weighted by Gasteiger charge is -2.33. The molecule has 4 nitrogen and oxygen atoms in total. The number of ether oxygens (including phenoxy) is 2. The summed E-state index contributed by atoms with van der Waals surface area (Å²) in [4.78, 5) is 2.42. The van der Waals surface area contributed by atoms with Crippen LogP contribution >= 0.6 is 0 Å². The lowest BCUT2D eigenvalue weighted by molar-refractivity contribution is 0.0184. The molecule has 1 fully saturated rings. The first-order chi connectivity index (χ1) is 8.83. The van der Waals surface area contributed by atoms with Crippen molar-refractivity contribution in [3.63, 3.8) is 0 Å². The Balaban J connectivity index is 1.95. The van der Waals surface area contributed by atoms with Crippen LogP contribution in [0.3, 0.4) is 0 Å². The highest BCUT2D eigenvalue weighted by Gasteiger charge is 2.19. The van der Waals surface area contributed by atoms with Crippen LogP contribution in [0, 0.1) is 0 Å². The van der Waals surface area contributed by atoms with Gasteiger partial charge < -0.3 is 15.2 Å². The molecule has 0 amide bonds. The smallest absolute Gasteiger partial charge is 0.118 e. The number of methoxy groups -OCH3 is 1. The number of nitrogens with two attached hydrogens (primary N) is 1. The Morgan fingerprint density at radius 2 is 1.94 bits per heavy atom. The van der Waals surface area contributed by atoms with Gasteiger partial charge in [-0.15, -0.1) is 0 Å². The largest absolute Gasteiger partial charge is 0.497 e. The maximum atomic E-state index is 5.90. The molecule has 0 radical (unpaired) electrons. The molecule has 1 saturated heterocycles. The van der Waals surface area contributed by atoms with Crippen LogP contribution < -0.4 is 10.5 Å². The molecule has 1 aliphatic heterocycles. The fraction of sp³-hybridized carbons (Fsp3) is 0.571. The van der Waals surface area contributed by atoms with Gasteiger partial charge in [0.05, 0.1) is 20.3 Å². The second-order valence-electron chi connectivity index (χ2n) is 4.59. The molecule has 2 N–H and O–H groups in total. The molecule has 1 aromatic rings. The zero-order valence-corrected chi connectivity index (χ0v) is 11.0. The van der Waals surface area contributed by atoms with Crippen LogP contribution in [0.5, 0.6) is 5.75 Å². The third kappa shape index (κ3) is 3.45. The van der Waals surface area contributed by atoms with Gasteiger partial charge in [0, 0.05) is 25.7 Å². The molecule has 1 heterocycles. The predicted octanol–water partition coefficient (Wildman–Crippen LogP) is 0.897. The first-order valence-electron chi connectivity index (χ1n) is 6.48. The van der Waals surface area contributed by atoms with Crippen LogP contribution in [0.1, 0.15) is 5.56 Å². The minimum atomic E-state index is 0.405.